The molecule has 3 amide bonds. The summed E-state index contributed by atoms with van der Waals surface area (Å²) in [6.07, 6.45) is 16.9. The number of thiophene rings is 1. The molecule has 23 nitrogen and oxygen atoms in total. The van der Waals surface area contributed by atoms with Gasteiger partial charge in [-0.05, 0) is 195 Å². The molecule has 1 saturated heterocycles. The van der Waals surface area contributed by atoms with Crippen LogP contribution in [0.1, 0.15) is 204 Å². The van der Waals surface area contributed by atoms with Crippen molar-refractivity contribution < 1.29 is 76.7 Å². The fourth-order valence-corrected chi connectivity index (χ4v) is 22.8. The average molecular weight is 1920 g/mol. The molecule has 716 valence electrons. The lowest BCUT2D eigenvalue weighted by atomic mass is 9.81. The third-order valence-electron chi connectivity index (χ3n) is 28.0. The minimum Gasteiger partial charge on any atom is -0.479 e. The smallest absolute Gasteiger partial charge is 0.294 e. The number of hydrogen-bond donors (Lipinski definition) is 4. The highest BCUT2D eigenvalue weighted by molar-refractivity contribution is 7.89. The van der Waals surface area contributed by atoms with Crippen molar-refractivity contribution in [2.75, 3.05) is 68.8 Å². The maximum Gasteiger partial charge on any atom is 0.294 e. The second-order valence-electron chi connectivity index (χ2n) is 38.0. The SMILES string of the molecule is CC[N+]1=C(/C=C/C=C/C=C2/N(CCCCCCC(=O)NCCCC[C@@H](C(=O)COc3c(F)c(F)c(C(=O)CCCNC(=O)C4CCN(S(=O)(=O)c5ccccc5-c5c6ccc(=[N+]7CCc8cc(C)ccc87)cc-6oc6cc(N7CCc8cc(C)ccc87)ccc56)CC4)c(F)c3F)n3cc([C@](C)(NC(=O)c4ccsc4)C(C)C)nn3)c3ccc(C)cc3C2(C)C)C(C)(C)c2cc(S(=O)(=O)O)ccc21. The molecule has 2 aromatic heterocycles. The Balaban J connectivity index is 0.521. The molecule has 9 aromatic rings. The molecule has 2 atom stereocenters. The van der Waals surface area contributed by atoms with Gasteiger partial charge in [0.1, 0.15) is 36.2 Å². The maximum absolute atomic E-state index is 16.2. The Hall–Kier alpha value is -12.4. The van der Waals surface area contributed by atoms with Gasteiger partial charge in [-0.3, -0.25) is 28.5 Å². The number of piperidine rings is 1. The first kappa shape index (κ1) is 97.7. The Morgan fingerprint density at radius 1 is 0.708 bits per heavy atom. The third kappa shape index (κ3) is 20.0. The summed E-state index contributed by atoms with van der Waals surface area (Å²) in [7, 11) is -8.62. The van der Waals surface area contributed by atoms with E-state index >= 15 is 26.0 Å². The first-order valence-corrected chi connectivity index (χ1v) is 51.0. The van der Waals surface area contributed by atoms with Crippen molar-refractivity contribution in [3.05, 3.63) is 277 Å². The molecule has 1 aliphatic carbocycles. The lowest BCUT2D eigenvalue weighted by molar-refractivity contribution is -0.433. The van der Waals surface area contributed by atoms with Crippen LogP contribution in [0.3, 0.4) is 0 Å². The number of anilines is 3. The van der Waals surface area contributed by atoms with Crippen LogP contribution in [0.25, 0.3) is 33.4 Å². The number of carbonyl (C=O) groups excluding carboxylic acids is 5. The Labute approximate surface area is 801 Å². The summed E-state index contributed by atoms with van der Waals surface area (Å²) in [6, 6.07) is 43.7. The van der Waals surface area contributed by atoms with Crippen LogP contribution in [0.4, 0.5) is 46.0 Å². The first-order chi connectivity index (χ1) is 65.5. The standard InChI is InChI=1S/C107H115F4N11O12S3/c1-12-118-84-43-37-76(137(130,131)132)62-81(84)106(9,10)93(118)29-16-15-17-30-94-105(7,8)80-59-69(6)34-42-85(80)121(94)51-23-14-13-18-31-95(125)112-49-22-21-26-86(122-63-92(115-116-122)107(11,66(2)3)114-104(127)73-48-56-135-65-73)88(124)64-133-102-100(110)98(108)97(99(109)101(102)111)87(123)27-24-50-113-103(126)70-44-52-117(53-45-70)136(128,129)91-28-20-19-25-79(91)96-77-38-35-74(119-54-46-71-57-67(4)32-40-82(71)119)60-89(77)134-90-61-75(36-39-78(90)96)120-55-47-72-58-68(5)33-41-83(72)120/h15-17,19-20,25,28-30,32-43,48,56-63,65-66,70,86H,12-14,18,21-24,26-27,31,44-47,49-55,64H2,1-11H3,(H2-2,112,113,114,125,126,127,130,131,132)/p+2/t86-,107+/m0/s1. The van der Waals surface area contributed by atoms with Gasteiger partial charge in [0.25, 0.3) is 16.0 Å². The van der Waals surface area contributed by atoms with E-state index in [1.807, 2.05) is 107 Å². The Kier molecular flexibility index (Phi) is 28.8. The summed E-state index contributed by atoms with van der Waals surface area (Å²) < 4.78 is 148. The second kappa shape index (κ2) is 40.4. The number of hydrogen-bond acceptors (Lipinski definition) is 16. The summed E-state index contributed by atoms with van der Waals surface area (Å²) in [4.78, 5) is 73.4. The fourth-order valence-electron chi connectivity index (χ4n) is 20.0. The van der Waals surface area contributed by atoms with Gasteiger partial charge in [0.2, 0.25) is 50.2 Å². The van der Waals surface area contributed by atoms with E-state index < -0.39 is 108 Å². The Morgan fingerprint density at radius 3 is 2.16 bits per heavy atom. The van der Waals surface area contributed by atoms with E-state index in [4.69, 9.17) is 9.15 Å². The zero-order valence-electron chi connectivity index (χ0n) is 79.1. The summed E-state index contributed by atoms with van der Waals surface area (Å²) in [5.41, 5.74) is 15.1. The second-order valence-corrected chi connectivity index (χ2v) is 42.2. The number of ether oxygens (including phenoxy) is 1. The van der Waals surface area contributed by atoms with E-state index in [1.54, 1.807) is 48.0 Å². The number of nitrogens with zero attached hydrogens (tertiary/aromatic N) is 8. The number of nitrogens with one attached hydrogen (secondary N) is 3. The minimum absolute atomic E-state index is 0.0117. The zero-order chi connectivity index (χ0) is 97.3. The van der Waals surface area contributed by atoms with Gasteiger partial charge in [-0.1, -0.05) is 129 Å². The lowest BCUT2D eigenvalue weighted by Gasteiger charge is -2.32. The predicted molar refractivity (Wildman–Crippen MR) is 525 cm³/mol. The van der Waals surface area contributed by atoms with Crippen LogP contribution in [0.15, 0.2) is 207 Å². The molecule has 1 fully saturated rings. The van der Waals surface area contributed by atoms with Gasteiger partial charge in [0.15, 0.2) is 41.2 Å². The van der Waals surface area contributed by atoms with E-state index in [0.29, 0.717) is 58.4 Å². The van der Waals surface area contributed by atoms with Crippen molar-refractivity contribution in [1.29, 1.82) is 0 Å². The lowest BCUT2D eigenvalue weighted by Crippen LogP contribution is -2.47. The molecule has 6 aliphatic heterocycles. The van der Waals surface area contributed by atoms with Crippen LogP contribution in [0.2, 0.25) is 0 Å². The highest BCUT2D eigenvalue weighted by Gasteiger charge is 2.46. The molecule has 7 aromatic carbocycles. The van der Waals surface area contributed by atoms with Gasteiger partial charge in [0.05, 0.1) is 44.1 Å². The van der Waals surface area contributed by atoms with Crippen LogP contribution in [-0.4, -0.2) is 139 Å². The number of Topliss-reactive ketones (excluding diaryl/α,β-unsaturated/α-hetero) is 2. The van der Waals surface area contributed by atoms with Gasteiger partial charge in [-0.25, -0.2) is 21.9 Å². The van der Waals surface area contributed by atoms with Crippen LogP contribution in [0, 0.1) is 55.9 Å². The summed E-state index contributed by atoms with van der Waals surface area (Å²) >= 11 is 1.34. The van der Waals surface area contributed by atoms with Crippen molar-refractivity contribution in [1.82, 2.24) is 39.8 Å². The van der Waals surface area contributed by atoms with Crippen LogP contribution in [-0.2, 0) is 63.7 Å². The van der Waals surface area contributed by atoms with Gasteiger partial charge in [0, 0.05) is 162 Å². The Bertz CT molecular complexity index is 6960. The summed E-state index contributed by atoms with van der Waals surface area (Å²) in [5.74, 6) is -13.3. The van der Waals surface area contributed by atoms with Gasteiger partial charge in [-0.2, -0.15) is 42.0 Å². The number of rotatable bonds is 36. The molecular formula is C107H117F4N11O12S3+2. The number of fused-ring (bicyclic) bond motifs is 6. The highest BCUT2D eigenvalue weighted by Crippen LogP contribution is 2.50. The number of halogens is 4. The molecule has 8 heterocycles. The van der Waals surface area contributed by atoms with Crippen LogP contribution < -0.4 is 40.4 Å². The molecule has 16 rings (SSSR count). The zero-order valence-corrected chi connectivity index (χ0v) is 81.6. The number of aryl methyl sites for hydroxylation is 3. The van der Waals surface area contributed by atoms with E-state index in [1.165, 1.54) is 60.4 Å². The molecule has 4 N–H and O–H groups in total. The molecule has 7 aliphatic rings. The first-order valence-electron chi connectivity index (χ1n) is 47.2. The average Bonchev–Trinajstić information content (AvgIpc) is 1.70. The van der Waals surface area contributed by atoms with Crippen LogP contribution in [0.5, 0.6) is 5.75 Å². The number of carbonyl (C=O) groups is 5. The van der Waals surface area contributed by atoms with Crippen molar-refractivity contribution in [3.63, 3.8) is 0 Å². The fraction of sp³-hybridized carbons (Fsp3) is 0.374. The number of sulfonamides is 1. The molecule has 0 radical (unpaired) electrons. The van der Waals surface area contributed by atoms with E-state index in [2.05, 4.69) is 141 Å². The van der Waals surface area contributed by atoms with Crippen molar-refractivity contribution in [2.24, 2.45) is 11.8 Å². The number of benzene rings is 8. The predicted octanol–water partition coefficient (Wildman–Crippen LogP) is 19.7. The molecule has 0 unspecified atom stereocenters. The summed E-state index contributed by atoms with van der Waals surface area (Å²) in [6.45, 7) is 24.1. The Morgan fingerprint density at radius 2 is 1.42 bits per heavy atom. The quantitative estimate of drug-likeness (QED) is 0.00415. The number of amides is 3. The van der Waals surface area contributed by atoms with Crippen molar-refractivity contribution in [2.45, 2.75) is 198 Å². The van der Waals surface area contributed by atoms with Crippen LogP contribution >= 0.6 is 11.3 Å². The largest absolute Gasteiger partial charge is 0.479 e. The number of aromatic nitrogens is 3. The monoisotopic (exact) mass is 1920 g/mol. The normalized spacial score (nSPS) is 16.8. The molecule has 0 bridgehead atoms. The van der Waals surface area contributed by atoms with E-state index in [-0.39, 0.29) is 103 Å². The molecule has 137 heavy (non-hydrogen) atoms. The molecule has 30 heteroatoms. The topological polar surface area (TPSA) is 279 Å². The van der Waals surface area contributed by atoms with E-state index in [0.717, 1.165) is 108 Å². The number of unbranched alkanes of at least 4 members (excludes halogenated alkanes) is 4. The van der Waals surface area contributed by atoms with Gasteiger partial charge < -0.3 is 34.9 Å². The number of ketones is 2. The van der Waals surface area contributed by atoms with E-state index in [9.17, 15) is 36.9 Å². The highest BCUT2D eigenvalue weighted by atomic mass is 32.2. The third-order valence-corrected chi connectivity index (χ3v) is 31.5. The maximum atomic E-state index is 16.2. The van der Waals surface area contributed by atoms with Gasteiger partial charge in [-0.15, -0.1) is 5.10 Å². The van der Waals surface area contributed by atoms with Crippen molar-refractivity contribution in [3.8, 4) is 28.2 Å². The number of allylic oxidation sites excluding steroid dienone is 6. The molecule has 0 spiro atoms. The van der Waals surface area contributed by atoms with Gasteiger partial charge >= 0.3 is 0 Å². The molecular weight excluding hydrogens is 1800 g/mol. The minimum atomic E-state index is -4.39. The van der Waals surface area contributed by atoms with Crippen molar-refractivity contribution >= 4 is 106 Å². The molecule has 0 saturated carbocycles. The summed E-state index contributed by atoms with van der Waals surface area (Å²) in [5, 5.41) is 22.6.